The number of nitrogens with one attached hydrogen (secondary N) is 1. The number of aryl methyl sites for hydroxylation is 1. The number of fused-ring (bicyclic) bond motifs is 1. The molecule has 0 spiro atoms. The summed E-state index contributed by atoms with van der Waals surface area (Å²) >= 11 is 0. The molecule has 7 heteroatoms. The summed E-state index contributed by atoms with van der Waals surface area (Å²) in [6.45, 7) is 4.94. The molecule has 26 heavy (non-hydrogen) atoms. The van der Waals surface area contributed by atoms with Crippen LogP contribution in [-0.4, -0.2) is 49.1 Å². The summed E-state index contributed by atoms with van der Waals surface area (Å²) in [5.41, 5.74) is 2.93. The molecule has 1 amide bonds. The van der Waals surface area contributed by atoms with Gasteiger partial charge in [-0.05, 0) is 37.1 Å². The number of nitrogens with zero attached hydrogens (tertiary/aromatic N) is 1. The lowest BCUT2D eigenvalue weighted by atomic mass is 10.1. The molecule has 1 aliphatic rings. The third kappa shape index (κ3) is 3.24. The van der Waals surface area contributed by atoms with Crippen molar-refractivity contribution in [1.82, 2.24) is 9.88 Å². The molecule has 1 N–H and O–H groups in total. The minimum Gasteiger partial charge on any atom is -0.486 e. The van der Waals surface area contributed by atoms with Gasteiger partial charge < -0.3 is 24.1 Å². The zero-order chi connectivity index (χ0) is 18.8. The zero-order valence-corrected chi connectivity index (χ0v) is 15.3. The first-order valence-corrected chi connectivity index (χ1v) is 8.33. The molecular weight excluding hydrogens is 336 g/mol. The van der Waals surface area contributed by atoms with Crippen LogP contribution in [0.1, 0.15) is 37.7 Å². The maximum atomic E-state index is 12.8. The van der Waals surface area contributed by atoms with Gasteiger partial charge in [0.15, 0.2) is 11.5 Å². The summed E-state index contributed by atoms with van der Waals surface area (Å²) in [4.78, 5) is 29.3. The quantitative estimate of drug-likeness (QED) is 0.849. The molecule has 3 rings (SSSR count). The predicted molar refractivity (Wildman–Crippen MR) is 94.8 cm³/mol. The molecule has 0 bridgehead atoms. The second kappa shape index (κ2) is 7.11. The van der Waals surface area contributed by atoms with Gasteiger partial charge in [-0.1, -0.05) is 6.07 Å². The molecule has 0 aliphatic carbocycles. The van der Waals surface area contributed by atoms with E-state index in [0.29, 0.717) is 53.8 Å². The van der Waals surface area contributed by atoms with Crippen LogP contribution in [-0.2, 0) is 11.3 Å². The Hall–Kier alpha value is -2.96. The second-order valence-corrected chi connectivity index (χ2v) is 6.26. The number of H-pyrrole nitrogens is 1. The Bertz CT molecular complexity index is 856. The minimum absolute atomic E-state index is 0.198. The van der Waals surface area contributed by atoms with Gasteiger partial charge in [-0.15, -0.1) is 0 Å². The molecule has 0 radical (unpaired) electrons. The van der Waals surface area contributed by atoms with Crippen LogP contribution in [0.4, 0.5) is 0 Å². The van der Waals surface area contributed by atoms with Crippen molar-refractivity contribution in [2.45, 2.75) is 20.4 Å². The lowest BCUT2D eigenvalue weighted by Gasteiger charge is -2.21. The second-order valence-electron chi connectivity index (χ2n) is 6.26. The van der Waals surface area contributed by atoms with Crippen LogP contribution in [0.25, 0.3) is 0 Å². The third-order valence-electron chi connectivity index (χ3n) is 4.41. The fourth-order valence-corrected chi connectivity index (χ4v) is 3.09. The highest BCUT2D eigenvalue weighted by Crippen LogP contribution is 2.31. The molecule has 1 aliphatic heterocycles. The number of esters is 1. The van der Waals surface area contributed by atoms with Crippen molar-refractivity contribution in [2.75, 3.05) is 27.4 Å². The molecule has 1 aromatic carbocycles. The van der Waals surface area contributed by atoms with Gasteiger partial charge in [-0.2, -0.15) is 0 Å². The number of amides is 1. The molecule has 0 atom stereocenters. The maximum absolute atomic E-state index is 12.8. The fraction of sp³-hybridized carbons (Fsp3) is 0.368. The summed E-state index contributed by atoms with van der Waals surface area (Å²) < 4.78 is 15.9. The standard InChI is InChI=1S/C19H22N2O5/c1-11-16(19(23)24-4)12(2)20-17(11)18(22)21(3)10-13-5-6-14-15(9-13)26-8-7-25-14/h5-6,9,20H,7-8,10H2,1-4H3. The van der Waals surface area contributed by atoms with Crippen LogP contribution in [0.3, 0.4) is 0 Å². The number of methoxy groups -OCH3 is 1. The van der Waals surface area contributed by atoms with E-state index in [9.17, 15) is 9.59 Å². The highest BCUT2D eigenvalue weighted by Gasteiger charge is 2.24. The lowest BCUT2D eigenvalue weighted by Crippen LogP contribution is -2.27. The SMILES string of the molecule is COC(=O)c1c(C)[nH]c(C(=O)N(C)Cc2ccc3c(c2)OCCO3)c1C. The highest BCUT2D eigenvalue weighted by molar-refractivity contribution is 6.00. The molecule has 0 saturated heterocycles. The van der Waals surface area contributed by atoms with Crippen molar-refractivity contribution >= 4 is 11.9 Å². The number of rotatable bonds is 4. The van der Waals surface area contributed by atoms with Crippen LogP contribution in [0.2, 0.25) is 0 Å². The molecule has 138 valence electrons. The number of aromatic nitrogens is 1. The summed E-state index contributed by atoms with van der Waals surface area (Å²) in [7, 11) is 3.04. The van der Waals surface area contributed by atoms with Crippen LogP contribution in [0, 0.1) is 13.8 Å². The van der Waals surface area contributed by atoms with Gasteiger partial charge in [-0.25, -0.2) is 4.79 Å². The predicted octanol–water partition coefficient (Wildman–Crippen LogP) is 2.46. The first-order chi connectivity index (χ1) is 12.4. The van der Waals surface area contributed by atoms with E-state index in [0.717, 1.165) is 5.56 Å². The first-order valence-electron chi connectivity index (χ1n) is 8.33. The Morgan fingerprint density at radius 3 is 2.58 bits per heavy atom. The molecule has 0 unspecified atom stereocenters. The smallest absolute Gasteiger partial charge is 0.339 e. The topological polar surface area (TPSA) is 80.9 Å². The van der Waals surface area contributed by atoms with Crippen LogP contribution in [0.5, 0.6) is 11.5 Å². The number of aromatic amines is 1. The van der Waals surface area contributed by atoms with Crippen molar-refractivity contribution in [2.24, 2.45) is 0 Å². The van der Waals surface area contributed by atoms with E-state index in [4.69, 9.17) is 14.2 Å². The Morgan fingerprint density at radius 1 is 1.19 bits per heavy atom. The largest absolute Gasteiger partial charge is 0.486 e. The summed E-state index contributed by atoms with van der Waals surface area (Å²) in [5, 5.41) is 0. The minimum atomic E-state index is -0.454. The number of ether oxygens (including phenoxy) is 3. The van der Waals surface area contributed by atoms with Crippen molar-refractivity contribution < 1.29 is 23.8 Å². The monoisotopic (exact) mass is 358 g/mol. The van der Waals surface area contributed by atoms with E-state index < -0.39 is 5.97 Å². The molecule has 0 saturated carbocycles. The number of hydrogen-bond donors (Lipinski definition) is 1. The molecule has 0 fully saturated rings. The van der Waals surface area contributed by atoms with E-state index in [-0.39, 0.29) is 5.91 Å². The molecule has 2 heterocycles. The van der Waals surface area contributed by atoms with Crippen LogP contribution < -0.4 is 9.47 Å². The number of carbonyl (C=O) groups excluding carboxylic acids is 2. The van der Waals surface area contributed by atoms with Gasteiger partial charge in [0.2, 0.25) is 0 Å². The van der Waals surface area contributed by atoms with Crippen LogP contribution in [0.15, 0.2) is 18.2 Å². The van der Waals surface area contributed by atoms with E-state index in [2.05, 4.69) is 4.98 Å². The summed E-state index contributed by atoms with van der Waals surface area (Å²) in [6, 6.07) is 5.64. The zero-order valence-electron chi connectivity index (χ0n) is 15.3. The first kappa shape index (κ1) is 17.8. The van der Waals surface area contributed by atoms with Crippen molar-refractivity contribution in [1.29, 1.82) is 0 Å². The van der Waals surface area contributed by atoms with E-state index in [1.54, 1.807) is 25.8 Å². The molecular formula is C19H22N2O5. The normalized spacial score (nSPS) is 12.6. The number of benzene rings is 1. The highest BCUT2D eigenvalue weighted by atomic mass is 16.6. The Balaban J connectivity index is 1.79. The third-order valence-corrected chi connectivity index (χ3v) is 4.41. The van der Waals surface area contributed by atoms with Gasteiger partial charge in [-0.3, -0.25) is 4.79 Å². The van der Waals surface area contributed by atoms with Gasteiger partial charge in [0.05, 0.1) is 12.7 Å². The average Bonchev–Trinajstić information content (AvgIpc) is 2.94. The lowest BCUT2D eigenvalue weighted by molar-refractivity contribution is 0.0599. The maximum Gasteiger partial charge on any atom is 0.339 e. The summed E-state index contributed by atoms with van der Waals surface area (Å²) in [5.74, 6) is 0.752. The fourth-order valence-electron chi connectivity index (χ4n) is 3.09. The molecule has 1 aromatic heterocycles. The van der Waals surface area contributed by atoms with Crippen molar-refractivity contribution in [3.8, 4) is 11.5 Å². The van der Waals surface area contributed by atoms with Crippen LogP contribution >= 0.6 is 0 Å². The summed E-state index contributed by atoms with van der Waals surface area (Å²) in [6.07, 6.45) is 0. The Kier molecular flexibility index (Phi) is 4.88. The van der Waals surface area contributed by atoms with Gasteiger partial charge in [0.1, 0.15) is 18.9 Å². The van der Waals surface area contributed by atoms with E-state index >= 15 is 0 Å². The van der Waals surface area contributed by atoms with Crippen molar-refractivity contribution in [3.05, 3.63) is 46.3 Å². The number of carbonyl (C=O) groups is 2. The van der Waals surface area contributed by atoms with Crippen molar-refractivity contribution in [3.63, 3.8) is 0 Å². The van der Waals surface area contributed by atoms with E-state index in [1.807, 2.05) is 18.2 Å². The van der Waals surface area contributed by atoms with E-state index in [1.165, 1.54) is 7.11 Å². The molecule has 2 aromatic rings. The average molecular weight is 358 g/mol. The Labute approximate surface area is 151 Å². The Morgan fingerprint density at radius 2 is 1.88 bits per heavy atom. The van der Waals surface area contributed by atoms with Gasteiger partial charge in [0, 0.05) is 19.3 Å². The van der Waals surface area contributed by atoms with Gasteiger partial charge >= 0.3 is 5.97 Å². The van der Waals surface area contributed by atoms with Gasteiger partial charge in [0.25, 0.3) is 5.91 Å². The number of hydrogen-bond acceptors (Lipinski definition) is 5. The molecule has 7 nitrogen and oxygen atoms in total.